The molecule has 0 spiro atoms. The van der Waals surface area contributed by atoms with Crippen molar-refractivity contribution in [2.24, 2.45) is 5.92 Å². The third-order valence-corrected chi connectivity index (χ3v) is 3.79. The number of rotatable bonds is 3. The normalized spacial score (nSPS) is 17.7. The Morgan fingerprint density at radius 1 is 1.37 bits per heavy atom. The smallest absolute Gasteiger partial charge is 0.228 e. The van der Waals surface area contributed by atoms with Crippen LogP contribution in [0, 0.1) is 12.8 Å². The predicted molar refractivity (Wildman–Crippen MR) is 77.0 cm³/mol. The van der Waals surface area contributed by atoms with Crippen LogP contribution in [0.25, 0.3) is 0 Å². The number of hydrogen-bond acceptors (Lipinski definition) is 3. The molecule has 104 valence electrons. The molecule has 0 unspecified atom stereocenters. The Hall–Kier alpha value is -1.42. The second-order valence-electron chi connectivity index (χ2n) is 5.61. The second kappa shape index (κ2) is 6.15. The van der Waals surface area contributed by atoms with E-state index in [0.717, 1.165) is 31.5 Å². The van der Waals surface area contributed by atoms with E-state index >= 15 is 0 Å². The van der Waals surface area contributed by atoms with Gasteiger partial charge in [-0.15, -0.1) is 0 Å². The molecule has 0 saturated carbocycles. The Labute approximate surface area is 115 Å². The van der Waals surface area contributed by atoms with Crippen LogP contribution in [0.15, 0.2) is 18.3 Å². The van der Waals surface area contributed by atoms with Crippen LogP contribution in [0.5, 0.6) is 0 Å². The van der Waals surface area contributed by atoms with Gasteiger partial charge in [0.15, 0.2) is 0 Å². The molecule has 0 radical (unpaired) electrons. The first-order valence-electron chi connectivity index (χ1n) is 7.04. The van der Waals surface area contributed by atoms with Gasteiger partial charge in [0, 0.05) is 18.2 Å². The summed E-state index contributed by atoms with van der Waals surface area (Å²) in [6.07, 6.45) is 3.66. The maximum Gasteiger partial charge on any atom is 0.228 e. The highest BCUT2D eigenvalue weighted by Crippen LogP contribution is 2.20. The van der Waals surface area contributed by atoms with Gasteiger partial charge in [-0.25, -0.2) is 4.98 Å². The molecule has 1 amide bonds. The molecule has 19 heavy (non-hydrogen) atoms. The van der Waals surface area contributed by atoms with Crippen molar-refractivity contribution >= 4 is 11.7 Å². The molecule has 2 heterocycles. The average Bonchev–Trinajstić information content (AvgIpc) is 2.41. The molecule has 1 aromatic heterocycles. The molecule has 1 N–H and O–H groups in total. The number of pyridine rings is 1. The van der Waals surface area contributed by atoms with Crippen molar-refractivity contribution in [1.82, 2.24) is 9.88 Å². The van der Waals surface area contributed by atoms with E-state index in [0.29, 0.717) is 11.9 Å². The van der Waals surface area contributed by atoms with E-state index in [2.05, 4.69) is 29.0 Å². The van der Waals surface area contributed by atoms with Gasteiger partial charge in [-0.05, 0) is 58.3 Å². The summed E-state index contributed by atoms with van der Waals surface area (Å²) in [5, 5.41) is 2.91. The summed E-state index contributed by atoms with van der Waals surface area (Å²) in [6.45, 7) is 8.42. The van der Waals surface area contributed by atoms with Gasteiger partial charge in [0.1, 0.15) is 5.82 Å². The lowest BCUT2D eigenvalue weighted by Crippen LogP contribution is -2.41. The van der Waals surface area contributed by atoms with Gasteiger partial charge in [-0.3, -0.25) is 4.79 Å². The number of hydrogen-bond donors (Lipinski definition) is 1. The molecule has 1 aliphatic rings. The number of amides is 1. The quantitative estimate of drug-likeness (QED) is 0.909. The van der Waals surface area contributed by atoms with Gasteiger partial charge >= 0.3 is 0 Å². The molecule has 0 aliphatic carbocycles. The zero-order chi connectivity index (χ0) is 13.8. The molecular weight excluding hydrogens is 238 g/mol. The Morgan fingerprint density at radius 2 is 2.05 bits per heavy atom. The average molecular weight is 261 g/mol. The fourth-order valence-electron chi connectivity index (χ4n) is 2.45. The van der Waals surface area contributed by atoms with E-state index in [9.17, 15) is 4.79 Å². The lowest BCUT2D eigenvalue weighted by Gasteiger charge is -2.33. The van der Waals surface area contributed by atoms with Gasteiger partial charge < -0.3 is 10.2 Å². The highest BCUT2D eigenvalue weighted by Gasteiger charge is 2.26. The molecule has 0 aromatic carbocycles. The summed E-state index contributed by atoms with van der Waals surface area (Å²) < 4.78 is 0. The zero-order valence-corrected chi connectivity index (χ0v) is 12.0. The van der Waals surface area contributed by atoms with Crippen LogP contribution in [0.1, 0.15) is 32.3 Å². The molecule has 4 nitrogen and oxygen atoms in total. The molecular formula is C15H23N3O. The van der Waals surface area contributed by atoms with Crippen LogP contribution in [0.4, 0.5) is 5.82 Å². The van der Waals surface area contributed by atoms with Crippen LogP contribution in [-0.2, 0) is 4.79 Å². The lowest BCUT2D eigenvalue weighted by molar-refractivity contribution is -0.121. The molecule has 1 aromatic rings. The first-order valence-corrected chi connectivity index (χ1v) is 7.04. The van der Waals surface area contributed by atoms with E-state index in [1.54, 1.807) is 6.20 Å². The molecule has 4 heteroatoms. The number of likely N-dealkylation sites (tertiary alicyclic amines) is 1. The molecule has 0 atom stereocenters. The van der Waals surface area contributed by atoms with Crippen molar-refractivity contribution < 1.29 is 4.79 Å². The van der Waals surface area contributed by atoms with Crippen LogP contribution >= 0.6 is 0 Å². The van der Waals surface area contributed by atoms with Crippen molar-refractivity contribution in [2.45, 2.75) is 39.7 Å². The summed E-state index contributed by atoms with van der Waals surface area (Å²) in [4.78, 5) is 18.8. The predicted octanol–water partition coefficient (Wildman–Crippen LogP) is 2.45. The molecule has 0 bridgehead atoms. The van der Waals surface area contributed by atoms with Crippen molar-refractivity contribution in [1.29, 1.82) is 0 Å². The Bertz CT molecular complexity index is 420. The number of aromatic nitrogens is 1. The maximum atomic E-state index is 12.2. The van der Waals surface area contributed by atoms with Crippen LogP contribution in [0.2, 0.25) is 0 Å². The standard InChI is InChI=1S/C15H23N3O/c1-11(2)18-8-6-13(7-9-18)15(19)17-14-5-4-12(3)10-16-14/h4-5,10-11,13H,6-9H2,1-3H3,(H,16,17,19). The summed E-state index contributed by atoms with van der Waals surface area (Å²) in [5.41, 5.74) is 1.10. The highest BCUT2D eigenvalue weighted by molar-refractivity contribution is 5.91. The first-order chi connectivity index (χ1) is 9.06. The Kier molecular flexibility index (Phi) is 4.53. The number of piperidine rings is 1. The number of nitrogens with zero attached hydrogens (tertiary/aromatic N) is 2. The number of nitrogens with one attached hydrogen (secondary N) is 1. The third-order valence-electron chi connectivity index (χ3n) is 3.79. The number of aryl methyl sites for hydroxylation is 1. The van der Waals surface area contributed by atoms with Crippen molar-refractivity contribution in [3.63, 3.8) is 0 Å². The first kappa shape index (κ1) is 14.0. The molecule has 1 fully saturated rings. The largest absolute Gasteiger partial charge is 0.310 e. The summed E-state index contributed by atoms with van der Waals surface area (Å²) in [5.74, 6) is 0.889. The minimum atomic E-state index is 0.111. The SMILES string of the molecule is Cc1ccc(NC(=O)C2CCN(C(C)C)CC2)nc1. The van der Waals surface area contributed by atoms with Crippen LogP contribution < -0.4 is 5.32 Å². The van der Waals surface area contributed by atoms with Crippen molar-refractivity contribution in [3.8, 4) is 0 Å². The van der Waals surface area contributed by atoms with Crippen LogP contribution in [-0.4, -0.2) is 34.9 Å². The third kappa shape index (κ3) is 3.77. The molecule has 1 saturated heterocycles. The van der Waals surface area contributed by atoms with E-state index < -0.39 is 0 Å². The van der Waals surface area contributed by atoms with Gasteiger partial charge in [-0.1, -0.05) is 6.07 Å². The zero-order valence-electron chi connectivity index (χ0n) is 12.0. The van der Waals surface area contributed by atoms with Gasteiger partial charge in [0.05, 0.1) is 0 Å². The van der Waals surface area contributed by atoms with E-state index in [-0.39, 0.29) is 11.8 Å². The minimum Gasteiger partial charge on any atom is -0.310 e. The van der Waals surface area contributed by atoms with E-state index in [1.165, 1.54) is 0 Å². The fourth-order valence-corrected chi connectivity index (χ4v) is 2.45. The van der Waals surface area contributed by atoms with Gasteiger partial charge in [-0.2, -0.15) is 0 Å². The number of carbonyl (C=O) groups excluding carboxylic acids is 1. The van der Waals surface area contributed by atoms with Gasteiger partial charge in [0.25, 0.3) is 0 Å². The van der Waals surface area contributed by atoms with Crippen LogP contribution in [0.3, 0.4) is 0 Å². The number of anilines is 1. The fraction of sp³-hybridized carbons (Fsp3) is 0.600. The second-order valence-corrected chi connectivity index (χ2v) is 5.61. The molecule has 1 aliphatic heterocycles. The Morgan fingerprint density at radius 3 is 2.58 bits per heavy atom. The lowest BCUT2D eigenvalue weighted by atomic mass is 9.95. The van der Waals surface area contributed by atoms with Crippen molar-refractivity contribution in [3.05, 3.63) is 23.9 Å². The topological polar surface area (TPSA) is 45.2 Å². The van der Waals surface area contributed by atoms with E-state index in [1.807, 2.05) is 19.1 Å². The summed E-state index contributed by atoms with van der Waals surface area (Å²) >= 11 is 0. The summed E-state index contributed by atoms with van der Waals surface area (Å²) in [7, 11) is 0. The monoisotopic (exact) mass is 261 g/mol. The Balaban J connectivity index is 1.86. The maximum absolute atomic E-state index is 12.2. The van der Waals surface area contributed by atoms with E-state index in [4.69, 9.17) is 0 Å². The highest BCUT2D eigenvalue weighted by atomic mass is 16.1. The summed E-state index contributed by atoms with van der Waals surface area (Å²) in [6, 6.07) is 4.39. The van der Waals surface area contributed by atoms with Gasteiger partial charge in [0.2, 0.25) is 5.91 Å². The van der Waals surface area contributed by atoms with Crippen molar-refractivity contribution in [2.75, 3.05) is 18.4 Å². The number of carbonyl (C=O) groups is 1. The minimum absolute atomic E-state index is 0.111. The molecule has 2 rings (SSSR count).